The second-order valence-electron chi connectivity index (χ2n) is 4.93. The van der Waals surface area contributed by atoms with Gasteiger partial charge in [0.25, 0.3) is 11.8 Å². The lowest BCUT2D eigenvalue weighted by Gasteiger charge is -2.07. The van der Waals surface area contributed by atoms with E-state index in [1.807, 2.05) is 12.1 Å². The van der Waals surface area contributed by atoms with Crippen molar-refractivity contribution in [3.63, 3.8) is 0 Å². The zero-order valence-electron chi connectivity index (χ0n) is 13.2. The zero-order valence-corrected chi connectivity index (χ0v) is 14.8. The highest BCUT2D eigenvalue weighted by Gasteiger charge is 2.06. The van der Waals surface area contributed by atoms with Gasteiger partial charge in [-0.1, -0.05) is 22.0 Å². The topological polar surface area (TPSA) is 96.0 Å². The summed E-state index contributed by atoms with van der Waals surface area (Å²) < 4.78 is 0.871. The third kappa shape index (κ3) is 5.31. The van der Waals surface area contributed by atoms with Gasteiger partial charge in [-0.2, -0.15) is 0 Å². The Morgan fingerprint density at radius 1 is 1.08 bits per heavy atom. The number of nitrogens with zero attached hydrogens (tertiary/aromatic N) is 2. The van der Waals surface area contributed by atoms with Crippen molar-refractivity contribution in [3.05, 3.63) is 52.1 Å². The van der Waals surface area contributed by atoms with Gasteiger partial charge < -0.3 is 16.0 Å². The maximum absolute atomic E-state index is 11.9. The Bertz CT molecular complexity index is 706. The number of benzene rings is 1. The van der Waals surface area contributed by atoms with Gasteiger partial charge in [0.05, 0.1) is 0 Å². The van der Waals surface area contributed by atoms with Crippen LogP contribution in [0.25, 0.3) is 0 Å². The van der Waals surface area contributed by atoms with Crippen LogP contribution in [-0.2, 0) is 0 Å². The number of halogens is 1. The van der Waals surface area contributed by atoms with Crippen LogP contribution in [-0.4, -0.2) is 42.1 Å². The fourth-order valence-corrected chi connectivity index (χ4v) is 2.31. The Kier molecular flexibility index (Phi) is 6.68. The second-order valence-corrected chi connectivity index (χ2v) is 5.85. The summed E-state index contributed by atoms with van der Waals surface area (Å²) in [6.07, 6.45) is 0.735. The van der Waals surface area contributed by atoms with Crippen LogP contribution in [0.15, 0.2) is 40.9 Å². The molecule has 0 radical (unpaired) electrons. The molecule has 0 aliphatic rings. The Morgan fingerprint density at radius 2 is 1.92 bits per heavy atom. The van der Waals surface area contributed by atoms with Crippen LogP contribution in [0.3, 0.4) is 0 Å². The number of rotatable bonds is 7. The van der Waals surface area contributed by atoms with E-state index in [1.165, 1.54) is 0 Å². The Labute approximate surface area is 148 Å². The molecule has 1 aromatic carbocycles. The average Bonchev–Trinajstić information content (AvgIpc) is 2.61. The van der Waals surface area contributed by atoms with Crippen LogP contribution in [0.1, 0.15) is 27.3 Å². The van der Waals surface area contributed by atoms with E-state index in [0.717, 1.165) is 10.9 Å². The number of hydrogen-bond acceptors (Lipinski definition) is 5. The summed E-state index contributed by atoms with van der Waals surface area (Å²) in [4.78, 5) is 23.3. The summed E-state index contributed by atoms with van der Waals surface area (Å²) in [5, 5.41) is 16.2. The first-order chi connectivity index (χ1) is 11.6. The van der Waals surface area contributed by atoms with Crippen molar-refractivity contribution < 1.29 is 9.59 Å². The molecule has 0 bridgehead atoms. The van der Waals surface area contributed by atoms with Gasteiger partial charge in [0.1, 0.15) is 5.82 Å². The van der Waals surface area contributed by atoms with Crippen molar-refractivity contribution >= 4 is 33.6 Å². The number of carbonyl (C=O) groups excluding carboxylic acids is 2. The molecule has 0 saturated carbocycles. The molecule has 2 rings (SSSR count). The van der Waals surface area contributed by atoms with Gasteiger partial charge in [-0.05, 0) is 36.8 Å². The van der Waals surface area contributed by atoms with Crippen LogP contribution in [0.4, 0.5) is 5.82 Å². The lowest BCUT2D eigenvalue weighted by atomic mass is 10.2. The molecule has 0 spiro atoms. The third-order valence-corrected chi connectivity index (χ3v) is 3.65. The predicted molar refractivity (Wildman–Crippen MR) is 95.0 cm³/mol. The molecule has 0 unspecified atom stereocenters. The average molecular weight is 392 g/mol. The number of amides is 2. The maximum atomic E-state index is 11.9. The van der Waals surface area contributed by atoms with Crippen molar-refractivity contribution in [3.8, 4) is 0 Å². The molecule has 2 aromatic rings. The highest BCUT2D eigenvalue weighted by molar-refractivity contribution is 9.10. The second kappa shape index (κ2) is 8.97. The Balaban J connectivity index is 1.69. The number of anilines is 1. The van der Waals surface area contributed by atoms with Crippen molar-refractivity contribution in [2.75, 3.05) is 25.5 Å². The van der Waals surface area contributed by atoms with Gasteiger partial charge >= 0.3 is 0 Å². The van der Waals surface area contributed by atoms with E-state index >= 15 is 0 Å². The molecule has 1 heterocycles. The monoisotopic (exact) mass is 391 g/mol. The summed E-state index contributed by atoms with van der Waals surface area (Å²) in [5.41, 5.74) is 0.886. The van der Waals surface area contributed by atoms with Crippen molar-refractivity contribution in [2.24, 2.45) is 0 Å². The zero-order chi connectivity index (χ0) is 17.4. The van der Waals surface area contributed by atoms with Gasteiger partial charge in [0.15, 0.2) is 5.69 Å². The highest BCUT2D eigenvalue weighted by Crippen LogP contribution is 2.11. The van der Waals surface area contributed by atoms with Gasteiger partial charge in [-0.25, -0.2) is 0 Å². The fraction of sp³-hybridized carbons (Fsp3) is 0.250. The summed E-state index contributed by atoms with van der Waals surface area (Å²) in [5.74, 6) is 0.205. The van der Waals surface area contributed by atoms with Crippen LogP contribution >= 0.6 is 15.9 Å². The van der Waals surface area contributed by atoms with Crippen LogP contribution in [0.5, 0.6) is 0 Å². The molecule has 24 heavy (non-hydrogen) atoms. The highest BCUT2D eigenvalue weighted by atomic mass is 79.9. The lowest BCUT2D eigenvalue weighted by molar-refractivity contribution is 0.0947. The molecule has 7 nitrogen and oxygen atoms in total. The Hall–Kier alpha value is -2.48. The number of aromatic nitrogens is 2. The van der Waals surface area contributed by atoms with Gasteiger partial charge in [-0.3, -0.25) is 9.59 Å². The third-order valence-electron chi connectivity index (χ3n) is 3.16. The molecule has 1 aromatic heterocycles. The normalized spacial score (nSPS) is 10.1. The van der Waals surface area contributed by atoms with Gasteiger partial charge in [0, 0.05) is 30.2 Å². The molecular formula is C16H18BrN5O2. The van der Waals surface area contributed by atoms with Crippen LogP contribution in [0, 0.1) is 0 Å². The first-order valence-electron chi connectivity index (χ1n) is 7.43. The van der Waals surface area contributed by atoms with E-state index in [2.05, 4.69) is 42.1 Å². The SMILES string of the molecule is CNC(=O)c1ccc(NCCCNC(=O)c2cccc(Br)c2)nn1. The van der Waals surface area contributed by atoms with Crippen LogP contribution in [0.2, 0.25) is 0 Å². The quantitative estimate of drug-likeness (QED) is 0.625. The van der Waals surface area contributed by atoms with E-state index in [0.29, 0.717) is 24.5 Å². The van der Waals surface area contributed by atoms with Gasteiger partial charge in [0.2, 0.25) is 0 Å². The molecule has 0 aliphatic heterocycles. The number of carbonyl (C=O) groups is 2. The summed E-state index contributed by atoms with van der Waals surface area (Å²) in [7, 11) is 1.54. The number of nitrogens with one attached hydrogen (secondary N) is 3. The standard InChI is InChI=1S/C16H18BrN5O2/c1-18-16(24)13-6-7-14(22-21-13)19-8-3-9-20-15(23)11-4-2-5-12(17)10-11/h2,4-7,10H,3,8-9H2,1H3,(H,18,24)(H,19,22)(H,20,23). The van der Waals surface area contributed by atoms with Crippen molar-refractivity contribution in [1.29, 1.82) is 0 Å². The van der Waals surface area contributed by atoms with E-state index in [1.54, 1.807) is 31.3 Å². The first kappa shape index (κ1) is 17.9. The minimum Gasteiger partial charge on any atom is -0.369 e. The van der Waals surface area contributed by atoms with Crippen molar-refractivity contribution in [1.82, 2.24) is 20.8 Å². The van der Waals surface area contributed by atoms with Crippen molar-refractivity contribution in [2.45, 2.75) is 6.42 Å². The molecule has 0 aliphatic carbocycles. The van der Waals surface area contributed by atoms with E-state index in [4.69, 9.17) is 0 Å². The maximum Gasteiger partial charge on any atom is 0.271 e. The molecule has 0 fully saturated rings. The smallest absolute Gasteiger partial charge is 0.271 e. The first-order valence-corrected chi connectivity index (χ1v) is 8.23. The van der Waals surface area contributed by atoms with Gasteiger partial charge in [-0.15, -0.1) is 10.2 Å². The van der Waals surface area contributed by atoms with E-state index in [-0.39, 0.29) is 17.5 Å². The molecule has 126 valence electrons. The predicted octanol–water partition coefficient (Wildman–Crippen LogP) is 1.83. The largest absolute Gasteiger partial charge is 0.369 e. The Morgan fingerprint density at radius 3 is 2.58 bits per heavy atom. The fourth-order valence-electron chi connectivity index (χ4n) is 1.91. The summed E-state index contributed by atoms with van der Waals surface area (Å²) in [6, 6.07) is 10.5. The summed E-state index contributed by atoms with van der Waals surface area (Å²) in [6.45, 7) is 1.18. The van der Waals surface area contributed by atoms with E-state index < -0.39 is 0 Å². The molecule has 0 atom stereocenters. The molecule has 2 amide bonds. The summed E-state index contributed by atoms with van der Waals surface area (Å²) >= 11 is 3.34. The minimum absolute atomic E-state index is 0.106. The molecule has 3 N–H and O–H groups in total. The molecular weight excluding hydrogens is 374 g/mol. The number of hydrogen-bond donors (Lipinski definition) is 3. The molecule has 8 heteroatoms. The minimum atomic E-state index is -0.274. The molecule has 0 saturated heterocycles. The lowest BCUT2D eigenvalue weighted by Crippen LogP contribution is -2.26. The van der Waals surface area contributed by atoms with Crippen LogP contribution < -0.4 is 16.0 Å². The van der Waals surface area contributed by atoms with E-state index in [9.17, 15) is 9.59 Å².